The zero-order chi connectivity index (χ0) is 23.2. The minimum atomic E-state index is 0.282. The van der Waals surface area contributed by atoms with Crippen molar-refractivity contribution >= 4 is 28.5 Å². The molecular weight excluding hydrogens is 432 g/mol. The maximum absolute atomic E-state index is 12.1. The average Bonchev–Trinajstić information content (AvgIpc) is 3.57. The molecule has 1 saturated carbocycles. The van der Waals surface area contributed by atoms with Gasteiger partial charge in [0.25, 0.3) is 0 Å². The number of aromatic amines is 1. The van der Waals surface area contributed by atoms with Crippen LogP contribution in [0, 0.1) is 6.92 Å². The van der Waals surface area contributed by atoms with Crippen molar-refractivity contribution < 1.29 is 9.53 Å². The van der Waals surface area contributed by atoms with Gasteiger partial charge in [0.15, 0.2) is 5.65 Å². The Morgan fingerprint density at radius 3 is 2.76 bits per heavy atom. The number of fused-ring (bicyclic) bond motifs is 2. The molecule has 0 radical (unpaired) electrons. The number of rotatable bonds is 5. The van der Waals surface area contributed by atoms with Gasteiger partial charge in [0.05, 0.1) is 12.5 Å². The molecule has 10 heteroatoms. The van der Waals surface area contributed by atoms with Crippen LogP contribution < -0.4 is 10.1 Å². The number of aromatic nitrogens is 6. The Balaban J connectivity index is 1.24. The molecule has 0 bridgehead atoms. The van der Waals surface area contributed by atoms with E-state index in [1.807, 2.05) is 35.9 Å². The first-order valence-corrected chi connectivity index (χ1v) is 11.9. The van der Waals surface area contributed by atoms with Crippen molar-refractivity contribution in [2.24, 2.45) is 0 Å². The molecule has 4 aromatic rings. The summed E-state index contributed by atoms with van der Waals surface area (Å²) in [6.07, 6.45) is 9.67. The SMILES string of the molecule is COc1nc(NC2CCC(N3CCCC3=O)CC2)nc2[nH]cc(-c3ccc4nnc(C)n4c3)c12. The van der Waals surface area contributed by atoms with Gasteiger partial charge < -0.3 is 19.9 Å². The van der Waals surface area contributed by atoms with Crippen LogP contribution in [-0.2, 0) is 4.79 Å². The number of amides is 1. The molecule has 1 saturated heterocycles. The lowest BCUT2D eigenvalue weighted by Crippen LogP contribution is -2.41. The number of nitrogens with zero attached hydrogens (tertiary/aromatic N) is 6. The highest BCUT2D eigenvalue weighted by Crippen LogP contribution is 2.35. The van der Waals surface area contributed by atoms with Gasteiger partial charge in [-0.3, -0.25) is 9.20 Å². The van der Waals surface area contributed by atoms with Crippen LogP contribution in [0.2, 0.25) is 0 Å². The summed E-state index contributed by atoms with van der Waals surface area (Å²) in [6, 6.07) is 4.62. The molecule has 4 aromatic heterocycles. The van der Waals surface area contributed by atoms with E-state index in [2.05, 4.69) is 30.4 Å². The number of methoxy groups -OCH3 is 1. The fraction of sp³-hybridized carbons (Fsp3) is 0.458. The molecule has 2 N–H and O–H groups in total. The highest BCUT2D eigenvalue weighted by Gasteiger charge is 2.31. The number of anilines is 1. The lowest BCUT2D eigenvalue weighted by Gasteiger charge is -2.34. The molecule has 0 atom stereocenters. The van der Waals surface area contributed by atoms with E-state index in [-0.39, 0.29) is 6.04 Å². The lowest BCUT2D eigenvalue weighted by atomic mass is 9.90. The zero-order valence-corrected chi connectivity index (χ0v) is 19.4. The topological polar surface area (TPSA) is 113 Å². The first kappa shape index (κ1) is 20.9. The second-order valence-electron chi connectivity index (χ2n) is 9.22. The van der Waals surface area contributed by atoms with E-state index < -0.39 is 0 Å². The number of H-pyrrole nitrogens is 1. The van der Waals surface area contributed by atoms with Crippen molar-refractivity contribution in [3.05, 3.63) is 30.4 Å². The van der Waals surface area contributed by atoms with Gasteiger partial charge in [-0.2, -0.15) is 9.97 Å². The first-order chi connectivity index (χ1) is 16.6. The third-order valence-electron chi connectivity index (χ3n) is 7.16. The Kier molecular flexibility index (Phi) is 5.08. The molecule has 1 aliphatic carbocycles. The zero-order valence-electron chi connectivity index (χ0n) is 19.4. The van der Waals surface area contributed by atoms with Gasteiger partial charge in [0, 0.05) is 48.6 Å². The largest absolute Gasteiger partial charge is 0.480 e. The predicted molar refractivity (Wildman–Crippen MR) is 128 cm³/mol. The van der Waals surface area contributed by atoms with Gasteiger partial charge in [0.1, 0.15) is 11.5 Å². The number of likely N-dealkylation sites (tertiary alicyclic amines) is 1. The van der Waals surface area contributed by atoms with E-state index >= 15 is 0 Å². The minimum Gasteiger partial charge on any atom is -0.480 e. The van der Waals surface area contributed by atoms with Crippen molar-refractivity contribution in [3.63, 3.8) is 0 Å². The number of carbonyl (C=O) groups excluding carboxylic acids is 1. The summed E-state index contributed by atoms with van der Waals surface area (Å²) in [7, 11) is 1.63. The Hall–Kier alpha value is -3.69. The van der Waals surface area contributed by atoms with Crippen LogP contribution in [-0.4, -0.2) is 66.1 Å². The monoisotopic (exact) mass is 460 g/mol. The van der Waals surface area contributed by atoms with Crippen molar-refractivity contribution in [1.29, 1.82) is 0 Å². The normalized spacial score (nSPS) is 21.0. The molecule has 0 aromatic carbocycles. The molecule has 34 heavy (non-hydrogen) atoms. The van der Waals surface area contributed by atoms with Gasteiger partial charge in [-0.1, -0.05) is 0 Å². The number of hydrogen-bond donors (Lipinski definition) is 2. The van der Waals surface area contributed by atoms with E-state index in [4.69, 9.17) is 9.72 Å². The third-order valence-corrected chi connectivity index (χ3v) is 7.16. The molecule has 5 heterocycles. The highest BCUT2D eigenvalue weighted by atomic mass is 16.5. The molecule has 6 rings (SSSR count). The Bertz CT molecular complexity index is 1370. The van der Waals surface area contributed by atoms with Crippen molar-refractivity contribution in [2.75, 3.05) is 19.0 Å². The van der Waals surface area contributed by atoms with Crippen molar-refractivity contribution in [3.8, 4) is 17.0 Å². The molecule has 10 nitrogen and oxygen atoms in total. The summed E-state index contributed by atoms with van der Waals surface area (Å²) < 4.78 is 7.65. The van der Waals surface area contributed by atoms with Gasteiger partial charge in [0.2, 0.25) is 17.7 Å². The molecule has 2 fully saturated rings. The fourth-order valence-corrected chi connectivity index (χ4v) is 5.37. The summed E-state index contributed by atoms with van der Waals surface area (Å²) in [5.74, 6) is 2.23. The first-order valence-electron chi connectivity index (χ1n) is 11.9. The number of pyridine rings is 1. The predicted octanol–water partition coefficient (Wildman–Crippen LogP) is 3.33. The fourth-order valence-electron chi connectivity index (χ4n) is 5.37. The highest BCUT2D eigenvalue weighted by molar-refractivity contribution is 5.97. The number of hydrogen-bond acceptors (Lipinski definition) is 7. The minimum absolute atomic E-state index is 0.282. The Morgan fingerprint density at radius 1 is 1.15 bits per heavy atom. The molecule has 0 unspecified atom stereocenters. The van der Waals surface area contributed by atoms with E-state index in [9.17, 15) is 4.79 Å². The average molecular weight is 461 g/mol. The van der Waals surface area contributed by atoms with Crippen LogP contribution >= 0.6 is 0 Å². The standard InChI is InChI=1S/C24H28N8O2/c1-14-29-30-19-10-5-15(13-32(14)19)18-12-25-22-21(18)23(34-2)28-24(27-22)26-16-6-8-17(9-7-16)31-11-3-4-20(31)33/h5,10,12-13,16-17H,3-4,6-9,11H2,1-2H3,(H2,25,26,27,28). The van der Waals surface area contributed by atoms with E-state index in [0.717, 1.165) is 72.3 Å². The molecule has 176 valence electrons. The lowest BCUT2D eigenvalue weighted by molar-refractivity contribution is -0.130. The van der Waals surface area contributed by atoms with Crippen LogP contribution in [0.5, 0.6) is 5.88 Å². The molecule has 0 spiro atoms. The van der Waals surface area contributed by atoms with E-state index in [1.54, 1.807) is 7.11 Å². The summed E-state index contributed by atoms with van der Waals surface area (Å²) >= 11 is 0. The molecule has 2 aliphatic rings. The van der Waals surface area contributed by atoms with Crippen LogP contribution in [0.3, 0.4) is 0 Å². The van der Waals surface area contributed by atoms with Crippen LogP contribution in [0.4, 0.5) is 5.95 Å². The third kappa shape index (κ3) is 3.53. The molecule has 1 amide bonds. The van der Waals surface area contributed by atoms with E-state index in [1.165, 1.54) is 0 Å². The summed E-state index contributed by atoms with van der Waals surface area (Å²) in [4.78, 5) is 26.9. The maximum atomic E-state index is 12.1. The van der Waals surface area contributed by atoms with Gasteiger partial charge in [-0.25, -0.2) is 0 Å². The second-order valence-corrected chi connectivity index (χ2v) is 9.22. The number of nitrogens with one attached hydrogen (secondary N) is 2. The second kappa shape index (κ2) is 8.27. The number of carbonyl (C=O) groups is 1. The van der Waals surface area contributed by atoms with Crippen LogP contribution in [0.1, 0.15) is 44.3 Å². The summed E-state index contributed by atoms with van der Waals surface area (Å²) in [5.41, 5.74) is 3.49. The van der Waals surface area contributed by atoms with Crippen molar-refractivity contribution in [1.82, 2.24) is 34.4 Å². The Labute approximate surface area is 196 Å². The smallest absolute Gasteiger partial charge is 0.228 e. The van der Waals surface area contributed by atoms with Gasteiger partial charge in [-0.15, -0.1) is 10.2 Å². The summed E-state index contributed by atoms with van der Waals surface area (Å²) in [5, 5.41) is 12.6. The van der Waals surface area contributed by atoms with Gasteiger partial charge in [-0.05, 0) is 51.2 Å². The molecule has 1 aliphatic heterocycles. The van der Waals surface area contributed by atoms with Crippen molar-refractivity contribution in [2.45, 2.75) is 57.5 Å². The number of aryl methyl sites for hydroxylation is 1. The van der Waals surface area contributed by atoms with E-state index in [0.29, 0.717) is 30.2 Å². The Morgan fingerprint density at radius 2 is 2.00 bits per heavy atom. The van der Waals surface area contributed by atoms with Crippen LogP contribution in [0.15, 0.2) is 24.5 Å². The van der Waals surface area contributed by atoms with Crippen LogP contribution in [0.25, 0.3) is 27.8 Å². The van der Waals surface area contributed by atoms with Gasteiger partial charge >= 0.3 is 0 Å². The molecular formula is C24H28N8O2. The maximum Gasteiger partial charge on any atom is 0.228 e. The summed E-state index contributed by atoms with van der Waals surface area (Å²) in [6.45, 7) is 2.84. The quantitative estimate of drug-likeness (QED) is 0.470. The number of ether oxygens (including phenoxy) is 1.